The second-order valence-electron chi connectivity index (χ2n) is 9.10. The highest BCUT2D eigenvalue weighted by Gasteiger charge is 2.57. The molecule has 1 N–H and O–H groups in total. The van der Waals surface area contributed by atoms with Gasteiger partial charge in [-0.1, -0.05) is 30.3 Å². The van der Waals surface area contributed by atoms with Gasteiger partial charge >= 0.3 is 0 Å². The van der Waals surface area contributed by atoms with Crippen molar-refractivity contribution in [3.05, 3.63) is 69.9 Å². The second kappa shape index (κ2) is 7.03. The van der Waals surface area contributed by atoms with E-state index in [0.29, 0.717) is 5.92 Å². The Morgan fingerprint density at radius 2 is 2.00 bits per heavy atom. The largest absolute Gasteiger partial charge is 0.337 e. The molecule has 4 heterocycles. The first kappa shape index (κ1) is 18.3. The smallest absolute Gasteiger partial charge is 0.254 e. The summed E-state index contributed by atoms with van der Waals surface area (Å²) in [7, 11) is 0. The molecule has 3 aromatic rings. The van der Waals surface area contributed by atoms with Gasteiger partial charge in [0.1, 0.15) is 5.82 Å². The normalized spacial score (nSPS) is 23.1. The molecule has 0 radical (unpaired) electrons. The van der Waals surface area contributed by atoms with E-state index in [4.69, 9.17) is 4.98 Å². The third-order valence-electron chi connectivity index (χ3n) is 6.83. The van der Waals surface area contributed by atoms with Gasteiger partial charge in [-0.15, -0.1) is 0 Å². The number of nitrogens with one attached hydrogen (secondary N) is 1. The number of benzene rings is 1. The van der Waals surface area contributed by atoms with E-state index in [1.54, 1.807) is 11.3 Å². The molecule has 1 aliphatic carbocycles. The number of carbonyl (C=O) groups excluding carboxylic acids is 1. The molecule has 3 aliphatic rings. The maximum atomic E-state index is 12.8. The molecule has 2 aromatic heterocycles. The monoisotopic (exact) mass is 419 g/mol. The number of carbonyl (C=O) groups is 1. The molecule has 30 heavy (non-hydrogen) atoms. The molecule has 154 valence electrons. The maximum Gasteiger partial charge on any atom is 0.254 e. The number of rotatable bonds is 5. The summed E-state index contributed by atoms with van der Waals surface area (Å²) in [5.41, 5.74) is 2.19. The average molecular weight is 420 g/mol. The van der Waals surface area contributed by atoms with E-state index in [-0.39, 0.29) is 17.2 Å². The Morgan fingerprint density at radius 1 is 1.17 bits per heavy atom. The van der Waals surface area contributed by atoms with Gasteiger partial charge in [-0.3, -0.25) is 14.8 Å². The van der Waals surface area contributed by atoms with Crippen molar-refractivity contribution in [2.24, 2.45) is 5.41 Å². The second-order valence-corrected chi connectivity index (χ2v) is 9.88. The Bertz CT molecular complexity index is 1040. The Balaban J connectivity index is 1.24. The van der Waals surface area contributed by atoms with Crippen LogP contribution in [-0.2, 0) is 6.54 Å². The number of thiophene rings is 1. The number of nitrogens with zero attached hydrogens (tertiary/aromatic N) is 4. The van der Waals surface area contributed by atoms with Gasteiger partial charge in [0, 0.05) is 55.4 Å². The summed E-state index contributed by atoms with van der Waals surface area (Å²) in [5.74, 6) is 2.97. The van der Waals surface area contributed by atoms with Crippen LogP contribution in [0.1, 0.15) is 52.2 Å². The topological polar surface area (TPSA) is 65.1 Å². The van der Waals surface area contributed by atoms with E-state index in [0.717, 1.165) is 49.9 Å². The van der Waals surface area contributed by atoms with Gasteiger partial charge < -0.3 is 4.90 Å². The fraction of sp³-hybridized carbons (Fsp3) is 0.435. The van der Waals surface area contributed by atoms with E-state index < -0.39 is 0 Å². The van der Waals surface area contributed by atoms with Crippen molar-refractivity contribution in [3.63, 3.8) is 0 Å². The molecule has 2 saturated heterocycles. The van der Waals surface area contributed by atoms with E-state index in [2.05, 4.69) is 45.4 Å². The highest BCUT2D eigenvalue weighted by Crippen LogP contribution is 2.49. The lowest BCUT2D eigenvalue weighted by Crippen LogP contribution is -2.61. The van der Waals surface area contributed by atoms with Crippen LogP contribution in [0.4, 0.5) is 0 Å². The van der Waals surface area contributed by atoms with Crippen LogP contribution in [0.3, 0.4) is 0 Å². The third kappa shape index (κ3) is 3.17. The van der Waals surface area contributed by atoms with E-state index in [1.807, 2.05) is 21.7 Å². The molecule has 1 aromatic carbocycles. The number of aromatic nitrogens is 3. The predicted octanol–water partition coefficient (Wildman–Crippen LogP) is 3.49. The van der Waals surface area contributed by atoms with Crippen LogP contribution in [0.5, 0.6) is 0 Å². The molecule has 6 rings (SSSR count). The Labute approximate surface area is 179 Å². The number of hydrogen-bond donors (Lipinski definition) is 1. The lowest BCUT2D eigenvalue weighted by Gasteiger charge is -2.50. The Kier molecular flexibility index (Phi) is 4.28. The summed E-state index contributed by atoms with van der Waals surface area (Å²) in [4.78, 5) is 22.2. The van der Waals surface area contributed by atoms with Crippen molar-refractivity contribution >= 4 is 17.2 Å². The molecular formula is C23H25N5OS. The molecule has 2 aliphatic heterocycles. The molecule has 1 amide bonds. The lowest BCUT2D eigenvalue weighted by molar-refractivity contribution is 0.00184. The summed E-state index contributed by atoms with van der Waals surface area (Å²) < 4.78 is 0. The first-order valence-corrected chi connectivity index (χ1v) is 11.6. The SMILES string of the molecule is O=C(c1ccsc1)N1CC2(CN(Cc3ccccc3)CC2c2nc(C3CC3)n[nH]2)C1. The minimum absolute atomic E-state index is 0.0564. The van der Waals surface area contributed by atoms with Crippen molar-refractivity contribution in [1.29, 1.82) is 0 Å². The van der Waals surface area contributed by atoms with Crippen molar-refractivity contribution in [2.75, 3.05) is 26.2 Å². The summed E-state index contributed by atoms with van der Waals surface area (Å²) in [6, 6.07) is 12.6. The van der Waals surface area contributed by atoms with E-state index in [9.17, 15) is 4.79 Å². The summed E-state index contributed by atoms with van der Waals surface area (Å²) >= 11 is 1.58. The van der Waals surface area contributed by atoms with Crippen LogP contribution < -0.4 is 0 Å². The van der Waals surface area contributed by atoms with Crippen LogP contribution in [0, 0.1) is 5.41 Å². The molecule has 1 unspecified atom stereocenters. The Morgan fingerprint density at radius 3 is 2.73 bits per heavy atom. The van der Waals surface area contributed by atoms with Gasteiger partial charge in [0.05, 0.1) is 5.56 Å². The molecule has 1 spiro atoms. The number of hydrogen-bond acceptors (Lipinski definition) is 5. The fourth-order valence-electron chi connectivity index (χ4n) is 5.13. The quantitative estimate of drug-likeness (QED) is 0.688. The lowest BCUT2D eigenvalue weighted by atomic mass is 9.71. The van der Waals surface area contributed by atoms with Crippen molar-refractivity contribution < 1.29 is 4.79 Å². The summed E-state index contributed by atoms with van der Waals surface area (Å²) in [5, 5.41) is 11.7. The van der Waals surface area contributed by atoms with Crippen LogP contribution in [0.25, 0.3) is 0 Å². The van der Waals surface area contributed by atoms with Crippen molar-refractivity contribution in [1.82, 2.24) is 25.0 Å². The molecule has 3 fully saturated rings. The summed E-state index contributed by atoms with van der Waals surface area (Å²) in [6.07, 6.45) is 2.41. The zero-order valence-electron chi connectivity index (χ0n) is 16.8. The average Bonchev–Trinajstić information content (AvgIpc) is 3.14. The molecular weight excluding hydrogens is 394 g/mol. The van der Waals surface area contributed by atoms with Gasteiger partial charge in [-0.2, -0.15) is 16.4 Å². The zero-order valence-corrected chi connectivity index (χ0v) is 17.6. The molecule has 6 nitrogen and oxygen atoms in total. The number of H-pyrrole nitrogens is 1. The fourth-order valence-corrected chi connectivity index (χ4v) is 5.75. The van der Waals surface area contributed by atoms with E-state index >= 15 is 0 Å². The first-order chi connectivity index (χ1) is 14.7. The zero-order chi connectivity index (χ0) is 20.1. The highest BCUT2D eigenvalue weighted by molar-refractivity contribution is 7.08. The van der Waals surface area contributed by atoms with Gasteiger partial charge in [0.15, 0.2) is 5.82 Å². The highest BCUT2D eigenvalue weighted by atomic mass is 32.1. The molecule has 7 heteroatoms. The third-order valence-corrected chi connectivity index (χ3v) is 7.51. The van der Waals surface area contributed by atoms with Crippen molar-refractivity contribution in [2.45, 2.75) is 31.2 Å². The molecule has 1 saturated carbocycles. The summed E-state index contributed by atoms with van der Waals surface area (Å²) in [6.45, 7) is 4.45. The van der Waals surface area contributed by atoms with Gasteiger partial charge in [0.25, 0.3) is 5.91 Å². The van der Waals surface area contributed by atoms with Gasteiger partial charge in [-0.25, -0.2) is 4.98 Å². The number of amides is 1. The standard InChI is InChI=1S/C23H25N5OS/c29-22(18-8-9-30-12-18)28-14-23(15-28)13-27(10-16-4-2-1-3-5-16)11-19(23)21-24-20(25-26-21)17-6-7-17/h1-5,8-9,12,17,19H,6-7,10-11,13-15H2,(H,24,25,26). The van der Waals surface area contributed by atoms with Crippen molar-refractivity contribution in [3.8, 4) is 0 Å². The maximum absolute atomic E-state index is 12.8. The number of aromatic amines is 1. The minimum atomic E-state index is 0.0564. The minimum Gasteiger partial charge on any atom is -0.337 e. The van der Waals surface area contributed by atoms with Crippen LogP contribution in [0.15, 0.2) is 47.2 Å². The molecule has 0 bridgehead atoms. The van der Waals surface area contributed by atoms with Gasteiger partial charge in [0.2, 0.25) is 0 Å². The van der Waals surface area contributed by atoms with Gasteiger partial charge in [-0.05, 0) is 29.9 Å². The number of likely N-dealkylation sites (tertiary alicyclic amines) is 2. The molecule has 1 atom stereocenters. The predicted molar refractivity (Wildman–Crippen MR) is 115 cm³/mol. The van der Waals surface area contributed by atoms with Crippen LogP contribution in [-0.4, -0.2) is 57.1 Å². The van der Waals surface area contributed by atoms with Crippen LogP contribution in [0.2, 0.25) is 0 Å². The van der Waals surface area contributed by atoms with Crippen LogP contribution >= 0.6 is 11.3 Å². The first-order valence-electron chi connectivity index (χ1n) is 10.7. The van der Waals surface area contributed by atoms with E-state index in [1.165, 1.54) is 18.4 Å². The Hall–Kier alpha value is -2.51.